The lowest BCUT2D eigenvalue weighted by atomic mass is 9.98. The van der Waals surface area contributed by atoms with Gasteiger partial charge in [-0.1, -0.05) is 78.9 Å². The fourth-order valence-corrected chi connectivity index (χ4v) is 9.08. The number of aromatic nitrogens is 5. The van der Waals surface area contributed by atoms with E-state index in [1.807, 2.05) is 0 Å². The molecule has 0 saturated heterocycles. The van der Waals surface area contributed by atoms with Crippen LogP contribution in [0.25, 0.3) is 66.3 Å². The fourth-order valence-electron chi connectivity index (χ4n) is 9.08. The average molecular weight is 790 g/mol. The van der Waals surface area contributed by atoms with Gasteiger partial charge < -0.3 is 4.57 Å². The van der Waals surface area contributed by atoms with Gasteiger partial charge >= 0.3 is 0 Å². The largest absolute Gasteiger partial charge is 0.341 e. The number of hydrogen-bond donors (Lipinski definition) is 0. The molecule has 0 amide bonds. The predicted octanol–water partition coefficient (Wildman–Crippen LogP) is 10.1. The lowest BCUT2D eigenvalue weighted by Gasteiger charge is -2.08. The molecule has 0 saturated carbocycles. The molecule has 8 aliphatic rings. The van der Waals surface area contributed by atoms with Crippen LogP contribution in [0.2, 0.25) is 0 Å². The predicted molar refractivity (Wildman–Crippen MR) is 243 cm³/mol. The minimum atomic E-state index is 0.810. The van der Waals surface area contributed by atoms with Gasteiger partial charge in [0.05, 0.1) is 0 Å². The second kappa shape index (κ2) is 15.6. The molecule has 0 aliphatic carbocycles. The maximum Gasteiger partial charge on any atom is 0.173 e. The van der Waals surface area contributed by atoms with E-state index >= 15 is 0 Å². The highest BCUT2D eigenvalue weighted by Crippen LogP contribution is 2.31. The van der Waals surface area contributed by atoms with Crippen LogP contribution >= 0.6 is 0 Å². The number of benzene rings is 5. The molecule has 8 aliphatic heterocycles. The quantitative estimate of drug-likeness (QED) is 0.148. The fraction of sp³-hybridized carbons (Fsp3) is 0.107. The molecule has 292 valence electrons. The van der Waals surface area contributed by atoms with Crippen LogP contribution in [-0.4, -0.2) is 4.57 Å². The van der Waals surface area contributed by atoms with Crippen LogP contribution in [0.15, 0.2) is 207 Å². The number of aryl methyl sites for hydroxylation is 1. The van der Waals surface area contributed by atoms with E-state index in [-0.39, 0.29) is 0 Å². The lowest BCUT2D eigenvalue weighted by molar-refractivity contribution is -0.688. The summed E-state index contributed by atoms with van der Waals surface area (Å²) >= 11 is 0. The Hall–Kier alpha value is -7.50. The summed E-state index contributed by atoms with van der Waals surface area (Å²) in [6.07, 6.45) is 17.6. The Labute approximate surface area is 357 Å². The van der Waals surface area contributed by atoms with E-state index in [4.69, 9.17) is 0 Å². The highest BCUT2D eigenvalue weighted by molar-refractivity contribution is 6.08. The number of pyridine rings is 4. The maximum absolute atomic E-state index is 2.44. The van der Waals surface area contributed by atoms with Crippen molar-refractivity contribution < 1.29 is 18.3 Å². The molecular weight excluding hydrogens is 743 g/mol. The zero-order valence-corrected chi connectivity index (χ0v) is 34.4. The molecule has 18 rings (SSSR count). The molecule has 0 spiro atoms. The number of nitrogens with zero attached hydrogens (tertiary/aromatic N) is 5. The van der Waals surface area contributed by atoms with Crippen molar-refractivity contribution in [2.75, 3.05) is 0 Å². The summed E-state index contributed by atoms with van der Waals surface area (Å²) in [5.41, 5.74) is 17.4. The first kappa shape index (κ1) is 36.6. The van der Waals surface area contributed by atoms with Crippen LogP contribution in [0.5, 0.6) is 0 Å². The normalized spacial score (nSPS) is 12.5. The Morgan fingerprint density at radius 3 is 0.984 bits per heavy atom. The Balaban J connectivity index is 0.924. The SMILES string of the molecule is CCn1c2ccc3cc2c2cc(ccc21)C[n+]1ccc(cc1)-c1cc[n+](cc1)Cc1ccc(cc1)-c1cccc(c1)-c1ccc(cc1)C[n+]1ccc(cc1)-c1cc[n+](cc1)C3. The smallest absolute Gasteiger partial charge is 0.173 e. The van der Waals surface area contributed by atoms with Gasteiger partial charge in [-0.25, -0.2) is 18.3 Å². The van der Waals surface area contributed by atoms with Crippen molar-refractivity contribution in [3.63, 3.8) is 0 Å². The van der Waals surface area contributed by atoms with Crippen LogP contribution in [-0.2, 0) is 32.7 Å². The van der Waals surface area contributed by atoms with Gasteiger partial charge in [0.25, 0.3) is 0 Å². The first-order valence-corrected chi connectivity index (χ1v) is 21.4. The van der Waals surface area contributed by atoms with Gasteiger partial charge in [-0.15, -0.1) is 0 Å². The molecular formula is C56H47N5+4. The zero-order valence-electron chi connectivity index (χ0n) is 34.4. The highest BCUT2D eigenvalue weighted by Gasteiger charge is 2.16. The van der Waals surface area contributed by atoms with Crippen molar-refractivity contribution in [1.29, 1.82) is 0 Å². The van der Waals surface area contributed by atoms with Crippen molar-refractivity contribution in [2.24, 2.45) is 0 Å². The molecule has 5 aromatic carbocycles. The first-order valence-electron chi connectivity index (χ1n) is 21.4. The van der Waals surface area contributed by atoms with Gasteiger partial charge in [-0.2, -0.15) is 0 Å². The van der Waals surface area contributed by atoms with Crippen LogP contribution in [0.3, 0.4) is 0 Å². The second-order valence-corrected chi connectivity index (χ2v) is 16.5. The topological polar surface area (TPSA) is 20.4 Å². The summed E-state index contributed by atoms with van der Waals surface area (Å²) in [7, 11) is 0. The zero-order chi connectivity index (χ0) is 40.7. The lowest BCUT2D eigenvalue weighted by Crippen LogP contribution is -2.33. The average Bonchev–Trinajstić information content (AvgIpc) is 3.62. The first-order chi connectivity index (χ1) is 30.1. The van der Waals surface area contributed by atoms with Gasteiger partial charge in [0.2, 0.25) is 0 Å². The molecule has 0 radical (unpaired) electrons. The highest BCUT2D eigenvalue weighted by atomic mass is 15.0. The molecule has 61 heavy (non-hydrogen) atoms. The number of hydrogen-bond acceptors (Lipinski definition) is 0. The molecule has 0 unspecified atom stereocenters. The van der Waals surface area contributed by atoms with Crippen molar-refractivity contribution >= 4 is 21.8 Å². The summed E-state index contributed by atoms with van der Waals surface area (Å²) in [4.78, 5) is 0. The van der Waals surface area contributed by atoms with Crippen LogP contribution in [0.1, 0.15) is 29.2 Å². The summed E-state index contributed by atoms with van der Waals surface area (Å²) in [5, 5.41) is 2.63. The summed E-state index contributed by atoms with van der Waals surface area (Å²) in [5.74, 6) is 0. The molecule has 0 fully saturated rings. The van der Waals surface area contributed by atoms with Gasteiger partial charge in [-0.3, -0.25) is 0 Å². The van der Waals surface area contributed by atoms with Crippen LogP contribution in [0, 0.1) is 0 Å². The molecule has 18 bridgehead atoms. The van der Waals surface area contributed by atoms with E-state index in [0.29, 0.717) is 0 Å². The Morgan fingerprint density at radius 1 is 0.328 bits per heavy atom. The third-order valence-electron chi connectivity index (χ3n) is 12.4. The summed E-state index contributed by atoms with van der Waals surface area (Å²) in [6.45, 7) is 6.43. The van der Waals surface area contributed by atoms with Crippen molar-refractivity contribution in [3.8, 4) is 44.5 Å². The van der Waals surface area contributed by atoms with Crippen molar-refractivity contribution in [2.45, 2.75) is 39.6 Å². The molecule has 13 heterocycles. The summed E-state index contributed by atoms with van der Waals surface area (Å²) in [6, 6.07) is 58.6. The third-order valence-corrected chi connectivity index (χ3v) is 12.4. The summed E-state index contributed by atoms with van der Waals surface area (Å²) < 4.78 is 11.5. The Bertz CT molecular complexity index is 2950. The molecule has 0 atom stereocenters. The number of rotatable bonds is 1. The monoisotopic (exact) mass is 789 g/mol. The van der Waals surface area contributed by atoms with Crippen molar-refractivity contribution in [1.82, 2.24) is 4.57 Å². The van der Waals surface area contributed by atoms with E-state index in [9.17, 15) is 0 Å². The van der Waals surface area contributed by atoms with E-state index in [2.05, 4.69) is 237 Å². The van der Waals surface area contributed by atoms with Crippen LogP contribution in [0.4, 0.5) is 0 Å². The molecule has 10 aromatic rings. The number of fused-ring (bicyclic) bond motifs is 4. The maximum atomic E-state index is 2.44. The molecule has 5 aromatic heterocycles. The van der Waals surface area contributed by atoms with E-state index in [1.54, 1.807) is 0 Å². The van der Waals surface area contributed by atoms with E-state index in [1.165, 1.54) is 88.6 Å². The second-order valence-electron chi connectivity index (χ2n) is 16.5. The molecule has 0 N–H and O–H groups in total. The minimum absolute atomic E-state index is 0.810. The third kappa shape index (κ3) is 7.40. The van der Waals surface area contributed by atoms with E-state index < -0.39 is 0 Å². The van der Waals surface area contributed by atoms with Gasteiger partial charge in [0, 0.05) is 99.1 Å². The minimum Gasteiger partial charge on any atom is -0.341 e. The van der Waals surface area contributed by atoms with Gasteiger partial charge in [0.15, 0.2) is 75.8 Å². The van der Waals surface area contributed by atoms with Crippen LogP contribution < -0.4 is 18.3 Å². The standard InChI is InChI=1S/C56H47N5/c1-2-61-55-16-10-43-34-53(55)54-35-44(11-17-56(54)61)40-60-32-24-50(25-33-60)48-20-28-58(29-21-48)38-42-8-14-46(15-9-42)52-5-3-4-51(36-52)45-12-6-41(7-13-45)37-57-26-18-47(19-27-57)49-22-30-59(39-43)31-23-49/h3-36H,2,37-40H2,1H3/q+4. The molecule has 5 heteroatoms. The Morgan fingerprint density at radius 2 is 0.639 bits per heavy atom. The van der Waals surface area contributed by atoms with E-state index in [0.717, 1.165) is 32.7 Å². The van der Waals surface area contributed by atoms with Crippen molar-refractivity contribution in [3.05, 3.63) is 230 Å². The molecule has 5 nitrogen and oxygen atoms in total. The van der Waals surface area contributed by atoms with Gasteiger partial charge in [0.1, 0.15) is 0 Å². The van der Waals surface area contributed by atoms with Gasteiger partial charge in [-0.05, 0) is 81.8 Å². The Kier molecular flexibility index (Phi) is 9.35.